The molecule has 0 bridgehead atoms. The van der Waals surface area contributed by atoms with Crippen molar-refractivity contribution in [3.8, 4) is 0 Å². The lowest BCUT2D eigenvalue weighted by Crippen LogP contribution is -2.45. The van der Waals surface area contributed by atoms with Crippen LogP contribution in [0.5, 0.6) is 0 Å². The maximum atomic E-state index is 13.6. The molecule has 2 aromatic rings. The number of likely N-dealkylation sites (tertiary alicyclic amines) is 2. The van der Waals surface area contributed by atoms with Gasteiger partial charge in [-0.15, -0.1) is 11.3 Å². The quantitative estimate of drug-likeness (QED) is 0.792. The van der Waals surface area contributed by atoms with Gasteiger partial charge in [-0.3, -0.25) is 9.69 Å². The molecule has 5 heteroatoms. The fourth-order valence-electron chi connectivity index (χ4n) is 4.48. The zero-order chi connectivity index (χ0) is 18.0. The predicted molar refractivity (Wildman–Crippen MR) is 102 cm³/mol. The van der Waals surface area contributed by atoms with E-state index in [0.717, 1.165) is 50.9 Å². The molecule has 138 valence electrons. The van der Waals surface area contributed by atoms with E-state index < -0.39 is 0 Å². The van der Waals surface area contributed by atoms with Crippen molar-refractivity contribution in [3.63, 3.8) is 0 Å². The summed E-state index contributed by atoms with van der Waals surface area (Å²) in [6, 6.07) is 11.0. The number of carbonyl (C=O) groups excluding carboxylic acids is 1. The van der Waals surface area contributed by atoms with Gasteiger partial charge in [0.1, 0.15) is 5.82 Å². The van der Waals surface area contributed by atoms with Crippen LogP contribution in [0.1, 0.15) is 42.5 Å². The molecule has 0 unspecified atom stereocenters. The van der Waals surface area contributed by atoms with E-state index in [1.165, 1.54) is 10.9 Å². The summed E-state index contributed by atoms with van der Waals surface area (Å²) in [6.07, 6.45) is 4.74. The van der Waals surface area contributed by atoms with Crippen molar-refractivity contribution in [2.45, 2.75) is 50.7 Å². The minimum atomic E-state index is -0.230. The first-order valence-corrected chi connectivity index (χ1v) is 10.3. The van der Waals surface area contributed by atoms with E-state index in [1.807, 2.05) is 17.4 Å². The highest BCUT2D eigenvalue weighted by molar-refractivity contribution is 7.09. The first-order valence-electron chi connectivity index (χ1n) is 9.44. The maximum absolute atomic E-state index is 13.6. The molecule has 1 atom stereocenters. The SMILES string of the molecule is O=C1CC[C@@]2(CCCN(Cc3cccs3)CC2)N1Cc1cccc(F)c1. The van der Waals surface area contributed by atoms with Gasteiger partial charge in [0.25, 0.3) is 0 Å². The number of amides is 1. The molecule has 26 heavy (non-hydrogen) atoms. The summed E-state index contributed by atoms with van der Waals surface area (Å²) in [5.74, 6) is -0.00727. The molecule has 0 N–H and O–H groups in total. The van der Waals surface area contributed by atoms with Crippen LogP contribution in [0.4, 0.5) is 4.39 Å². The van der Waals surface area contributed by atoms with Crippen molar-refractivity contribution in [2.75, 3.05) is 13.1 Å². The molecule has 2 aliphatic heterocycles. The van der Waals surface area contributed by atoms with Gasteiger partial charge >= 0.3 is 0 Å². The minimum Gasteiger partial charge on any atom is -0.333 e. The van der Waals surface area contributed by atoms with Crippen molar-refractivity contribution < 1.29 is 9.18 Å². The Morgan fingerprint density at radius 2 is 2.00 bits per heavy atom. The van der Waals surface area contributed by atoms with E-state index >= 15 is 0 Å². The topological polar surface area (TPSA) is 23.6 Å². The molecule has 0 saturated carbocycles. The zero-order valence-electron chi connectivity index (χ0n) is 15.0. The first-order chi connectivity index (χ1) is 12.6. The summed E-state index contributed by atoms with van der Waals surface area (Å²) in [4.78, 5) is 18.6. The molecule has 3 heterocycles. The molecular weight excluding hydrogens is 347 g/mol. The van der Waals surface area contributed by atoms with Crippen molar-refractivity contribution in [3.05, 3.63) is 58.0 Å². The highest BCUT2D eigenvalue weighted by atomic mass is 32.1. The molecule has 0 radical (unpaired) electrons. The maximum Gasteiger partial charge on any atom is 0.223 e. The minimum absolute atomic E-state index is 0.0480. The van der Waals surface area contributed by atoms with Crippen molar-refractivity contribution in [1.29, 1.82) is 0 Å². The molecule has 3 nitrogen and oxygen atoms in total. The number of hydrogen-bond acceptors (Lipinski definition) is 3. The van der Waals surface area contributed by atoms with E-state index in [9.17, 15) is 9.18 Å². The average molecular weight is 373 g/mol. The highest BCUT2D eigenvalue weighted by Crippen LogP contribution is 2.40. The normalized spacial score (nSPS) is 24.3. The second-order valence-corrected chi connectivity index (χ2v) is 8.58. The monoisotopic (exact) mass is 372 g/mol. The Balaban J connectivity index is 1.47. The van der Waals surface area contributed by atoms with Gasteiger partial charge in [0.2, 0.25) is 5.91 Å². The van der Waals surface area contributed by atoms with Crippen LogP contribution in [-0.4, -0.2) is 34.3 Å². The van der Waals surface area contributed by atoms with E-state index in [2.05, 4.69) is 27.3 Å². The van der Waals surface area contributed by atoms with Crippen molar-refractivity contribution in [1.82, 2.24) is 9.80 Å². The van der Waals surface area contributed by atoms with Gasteiger partial charge < -0.3 is 4.90 Å². The van der Waals surface area contributed by atoms with E-state index in [-0.39, 0.29) is 17.3 Å². The number of hydrogen-bond donors (Lipinski definition) is 0. The van der Waals surface area contributed by atoms with Crippen LogP contribution >= 0.6 is 11.3 Å². The summed E-state index contributed by atoms with van der Waals surface area (Å²) >= 11 is 1.81. The predicted octanol–water partition coefficient (Wildman–Crippen LogP) is 4.43. The fourth-order valence-corrected chi connectivity index (χ4v) is 5.23. The van der Waals surface area contributed by atoms with Gasteiger partial charge in [0.05, 0.1) is 0 Å². The molecule has 1 aromatic carbocycles. The Hall–Kier alpha value is -1.72. The second-order valence-electron chi connectivity index (χ2n) is 7.54. The molecule has 2 fully saturated rings. The van der Waals surface area contributed by atoms with E-state index in [1.54, 1.807) is 12.1 Å². The highest BCUT2D eigenvalue weighted by Gasteiger charge is 2.45. The van der Waals surface area contributed by atoms with Gasteiger partial charge in [0.15, 0.2) is 0 Å². The molecule has 2 saturated heterocycles. The Bertz CT molecular complexity index is 763. The lowest BCUT2D eigenvalue weighted by atomic mass is 9.87. The van der Waals surface area contributed by atoms with Gasteiger partial charge in [-0.2, -0.15) is 0 Å². The van der Waals surface area contributed by atoms with Crippen LogP contribution in [-0.2, 0) is 17.9 Å². The third-order valence-electron chi connectivity index (χ3n) is 5.88. The number of rotatable bonds is 4. The second kappa shape index (κ2) is 7.49. The third-order valence-corrected chi connectivity index (χ3v) is 6.74. The number of thiophene rings is 1. The molecule has 2 aliphatic rings. The number of carbonyl (C=O) groups is 1. The summed E-state index contributed by atoms with van der Waals surface area (Å²) in [7, 11) is 0. The van der Waals surface area contributed by atoms with Crippen LogP contribution in [0.3, 0.4) is 0 Å². The molecule has 0 aliphatic carbocycles. The van der Waals surface area contributed by atoms with Gasteiger partial charge in [-0.05, 0) is 61.4 Å². The summed E-state index contributed by atoms with van der Waals surface area (Å²) < 4.78 is 13.6. The Labute approximate surface area is 158 Å². The lowest BCUT2D eigenvalue weighted by molar-refractivity contribution is -0.132. The molecular formula is C21H25FN2OS. The van der Waals surface area contributed by atoms with Crippen molar-refractivity contribution >= 4 is 17.2 Å². The largest absolute Gasteiger partial charge is 0.333 e. The van der Waals surface area contributed by atoms with Gasteiger partial charge in [-0.25, -0.2) is 4.39 Å². The third kappa shape index (κ3) is 3.69. The molecule has 1 amide bonds. The lowest BCUT2D eigenvalue weighted by Gasteiger charge is -2.38. The van der Waals surface area contributed by atoms with Gasteiger partial charge in [0, 0.05) is 36.5 Å². The van der Waals surface area contributed by atoms with Crippen LogP contribution in [0.2, 0.25) is 0 Å². The summed E-state index contributed by atoms with van der Waals surface area (Å²) in [5, 5.41) is 2.13. The summed E-state index contributed by atoms with van der Waals surface area (Å²) in [6.45, 7) is 3.64. The zero-order valence-corrected chi connectivity index (χ0v) is 15.8. The molecule has 4 rings (SSSR count). The molecule has 1 aromatic heterocycles. The number of halogens is 1. The van der Waals surface area contributed by atoms with E-state index in [4.69, 9.17) is 0 Å². The first kappa shape index (κ1) is 17.7. The van der Waals surface area contributed by atoms with Gasteiger partial charge in [-0.1, -0.05) is 18.2 Å². The Kier molecular flexibility index (Phi) is 5.09. The number of benzene rings is 1. The van der Waals surface area contributed by atoms with E-state index in [0.29, 0.717) is 13.0 Å². The Morgan fingerprint density at radius 1 is 1.08 bits per heavy atom. The molecule has 1 spiro atoms. The number of nitrogens with zero attached hydrogens (tertiary/aromatic N) is 2. The Morgan fingerprint density at radius 3 is 2.81 bits per heavy atom. The van der Waals surface area contributed by atoms with Crippen LogP contribution in [0.25, 0.3) is 0 Å². The van der Waals surface area contributed by atoms with Crippen LogP contribution < -0.4 is 0 Å². The average Bonchev–Trinajstić information content (AvgIpc) is 3.17. The standard InChI is InChI=1S/C21H25FN2OS/c22-18-5-1-4-17(14-18)15-24-20(25)7-9-21(24)8-3-11-23(12-10-21)16-19-6-2-13-26-19/h1-2,4-6,13-14H,3,7-12,15-16H2/t21-/m1/s1. The van der Waals surface area contributed by atoms with Crippen LogP contribution in [0.15, 0.2) is 41.8 Å². The smallest absolute Gasteiger partial charge is 0.223 e. The van der Waals surface area contributed by atoms with Crippen LogP contribution in [0, 0.1) is 5.82 Å². The summed E-state index contributed by atoms with van der Waals surface area (Å²) in [5.41, 5.74) is 0.840. The fraction of sp³-hybridized carbons (Fsp3) is 0.476. The van der Waals surface area contributed by atoms with Crippen molar-refractivity contribution in [2.24, 2.45) is 0 Å².